The molecule has 0 saturated heterocycles. The third kappa shape index (κ3) is 2.83. The van der Waals surface area contributed by atoms with Crippen LogP contribution in [0.1, 0.15) is 39.2 Å². The lowest BCUT2D eigenvalue weighted by Gasteiger charge is -2.24. The predicted octanol–water partition coefficient (Wildman–Crippen LogP) is 2.79. The van der Waals surface area contributed by atoms with Crippen LogP contribution in [0.15, 0.2) is 45.4 Å². The Morgan fingerprint density at radius 3 is 2.35 bits per heavy atom. The van der Waals surface area contributed by atoms with Crippen LogP contribution in [0.5, 0.6) is 0 Å². The third-order valence-corrected chi connectivity index (χ3v) is 4.21. The van der Waals surface area contributed by atoms with Gasteiger partial charge in [-0.3, -0.25) is 10.2 Å². The first kappa shape index (κ1) is 15.6. The second-order valence-corrected chi connectivity index (χ2v) is 6.65. The van der Waals surface area contributed by atoms with Gasteiger partial charge in [0.2, 0.25) is 0 Å². The van der Waals surface area contributed by atoms with Crippen LogP contribution in [0.2, 0.25) is 0 Å². The van der Waals surface area contributed by atoms with E-state index < -0.39 is 6.04 Å². The zero-order valence-electron chi connectivity index (χ0n) is 13.9. The van der Waals surface area contributed by atoms with Gasteiger partial charge in [0.05, 0.1) is 11.4 Å². The van der Waals surface area contributed by atoms with Crippen molar-refractivity contribution in [2.24, 2.45) is 26.9 Å². The van der Waals surface area contributed by atoms with Crippen LogP contribution in [-0.4, -0.2) is 29.2 Å². The summed E-state index contributed by atoms with van der Waals surface area (Å²) < 4.78 is 0. The first-order chi connectivity index (χ1) is 11.0. The van der Waals surface area contributed by atoms with Crippen molar-refractivity contribution in [3.8, 4) is 0 Å². The molecule has 1 N–H and O–H groups in total. The van der Waals surface area contributed by atoms with E-state index in [-0.39, 0.29) is 17.7 Å². The van der Waals surface area contributed by atoms with Crippen molar-refractivity contribution in [2.45, 2.75) is 39.7 Å². The SMILES string of the molecule is CC(C)C1=NNC2C(=O)N=C(C(c3ccccc3)C(C)C)N=C12. The number of fused-ring (bicyclic) bond motifs is 1. The summed E-state index contributed by atoms with van der Waals surface area (Å²) in [6.45, 7) is 8.36. The monoisotopic (exact) mass is 310 g/mol. The molecule has 2 aliphatic rings. The van der Waals surface area contributed by atoms with Crippen LogP contribution in [-0.2, 0) is 4.79 Å². The Morgan fingerprint density at radius 1 is 1.04 bits per heavy atom. The number of nitrogens with one attached hydrogen (secondary N) is 1. The van der Waals surface area contributed by atoms with Crippen molar-refractivity contribution in [3.63, 3.8) is 0 Å². The number of hydrazone groups is 1. The molecule has 5 heteroatoms. The first-order valence-electron chi connectivity index (χ1n) is 8.08. The van der Waals surface area contributed by atoms with Crippen LogP contribution in [0.25, 0.3) is 0 Å². The van der Waals surface area contributed by atoms with Gasteiger partial charge in [-0.15, -0.1) is 0 Å². The Morgan fingerprint density at radius 2 is 1.74 bits per heavy atom. The average molecular weight is 310 g/mol. The number of benzene rings is 1. The number of carbonyl (C=O) groups excluding carboxylic acids is 1. The van der Waals surface area contributed by atoms with Crippen molar-refractivity contribution in [3.05, 3.63) is 35.9 Å². The molecular formula is C18H22N4O. The van der Waals surface area contributed by atoms with E-state index in [1.807, 2.05) is 18.2 Å². The maximum Gasteiger partial charge on any atom is 0.277 e. The molecule has 2 aliphatic heterocycles. The van der Waals surface area contributed by atoms with E-state index in [9.17, 15) is 4.79 Å². The highest BCUT2D eigenvalue weighted by Gasteiger charge is 2.38. The van der Waals surface area contributed by atoms with E-state index >= 15 is 0 Å². The van der Waals surface area contributed by atoms with E-state index in [0.717, 1.165) is 17.0 Å². The third-order valence-electron chi connectivity index (χ3n) is 4.21. The van der Waals surface area contributed by atoms with E-state index in [1.54, 1.807) is 0 Å². The standard InChI is InChI=1S/C18H22N4O/c1-10(2)13(12-8-6-5-7-9-12)17-19-15-14(11(3)4)21-22-16(15)18(23)20-17/h5-11,13,16,22H,1-4H3. The highest BCUT2D eigenvalue weighted by Crippen LogP contribution is 2.29. The molecule has 0 radical (unpaired) electrons. The number of amides is 1. The minimum Gasteiger partial charge on any atom is -0.291 e. The smallest absolute Gasteiger partial charge is 0.277 e. The first-order valence-corrected chi connectivity index (χ1v) is 8.08. The normalized spacial score (nSPS) is 21.6. The molecule has 5 nitrogen and oxygen atoms in total. The van der Waals surface area contributed by atoms with Gasteiger partial charge in [-0.05, 0) is 17.4 Å². The van der Waals surface area contributed by atoms with Crippen molar-refractivity contribution in [1.82, 2.24) is 5.43 Å². The van der Waals surface area contributed by atoms with E-state index in [1.165, 1.54) is 0 Å². The minimum absolute atomic E-state index is 0.00242. The van der Waals surface area contributed by atoms with Crippen molar-refractivity contribution < 1.29 is 4.79 Å². The zero-order chi connectivity index (χ0) is 16.6. The lowest BCUT2D eigenvalue weighted by molar-refractivity contribution is -0.118. The number of amidine groups is 1. The summed E-state index contributed by atoms with van der Waals surface area (Å²) in [7, 11) is 0. The molecule has 0 bridgehead atoms. The fourth-order valence-corrected chi connectivity index (χ4v) is 3.08. The summed E-state index contributed by atoms with van der Waals surface area (Å²) in [4.78, 5) is 21.4. The van der Waals surface area contributed by atoms with Gasteiger partial charge in [0.25, 0.3) is 5.91 Å². The van der Waals surface area contributed by atoms with Gasteiger partial charge in [0, 0.05) is 5.92 Å². The summed E-state index contributed by atoms with van der Waals surface area (Å²) in [5.74, 6) is 0.902. The maximum absolute atomic E-state index is 12.4. The molecule has 23 heavy (non-hydrogen) atoms. The topological polar surface area (TPSA) is 66.2 Å². The molecule has 3 rings (SSSR count). The molecule has 0 spiro atoms. The highest BCUT2D eigenvalue weighted by atomic mass is 16.2. The predicted molar refractivity (Wildman–Crippen MR) is 93.1 cm³/mol. The molecule has 0 aliphatic carbocycles. The molecular weight excluding hydrogens is 288 g/mol. The Kier molecular flexibility index (Phi) is 4.11. The van der Waals surface area contributed by atoms with Crippen LogP contribution in [0.3, 0.4) is 0 Å². The van der Waals surface area contributed by atoms with Gasteiger partial charge in [-0.25, -0.2) is 4.99 Å². The van der Waals surface area contributed by atoms with E-state index in [4.69, 9.17) is 4.99 Å². The maximum atomic E-state index is 12.4. The van der Waals surface area contributed by atoms with Crippen LogP contribution in [0, 0.1) is 11.8 Å². The van der Waals surface area contributed by atoms with Gasteiger partial charge in [0.1, 0.15) is 5.84 Å². The zero-order valence-corrected chi connectivity index (χ0v) is 13.9. The van der Waals surface area contributed by atoms with Gasteiger partial charge < -0.3 is 0 Å². The molecule has 2 heterocycles. The molecule has 1 amide bonds. The number of aliphatic imine (C=N–C) groups is 2. The lowest BCUT2D eigenvalue weighted by Crippen LogP contribution is -2.42. The van der Waals surface area contributed by atoms with Gasteiger partial charge in [0.15, 0.2) is 6.04 Å². The minimum atomic E-state index is -0.514. The summed E-state index contributed by atoms with van der Waals surface area (Å²) in [5, 5.41) is 4.28. The Labute approximate surface area is 136 Å². The molecule has 0 aromatic heterocycles. The van der Waals surface area contributed by atoms with Gasteiger partial charge >= 0.3 is 0 Å². The number of nitrogens with zero attached hydrogens (tertiary/aromatic N) is 3. The van der Waals surface area contributed by atoms with Crippen molar-refractivity contribution in [1.29, 1.82) is 0 Å². The van der Waals surface area contributed by atoms with Crippen LogP contribution in [0.4, 0.5) is 0 Å². The Bertz CT molecular complexity index is 701. The fraction of sp³-hybridized carbons (Fsp3) is 0.444. The summed E-state index contributed by atoms with van der Waals surface area (Å²) in [6.07, 6.45) is 0. The number of hydrogen-bond donors (Lipinski definition) is 1. The Balaban J connectivity index is 2.03. The second kappa shape index (κ2) is 6.07. The van der Waals surface area contributed by atoms with Crippen molar-refractivity contribution in [2.75, 3.05) is 0 Å². The highest BCUT2D eigenvalue weighted by molar-refractivity contribution is 6.52. The molecule has 1 aromatic carbocycles. The summed E-state index contributed by atoms with van der Waals surface area (Å²) in [6, 6.07) is 9.61. The van der Waals surface area contributed by atoms with Crippen LogP contribution >= 0.6 is 0 Å². The molecule has 2 unspecified atom stereocenters. The Hall–Kier alpha value is -2.30. The molecule has 120 valence electrons. The number of hydrogen-bond acceptors (Lipinski definition) is 4. The van der Waals surface area contributed by atoms with Crippen molar-refractivity contribution >= 4 is 23.2 Å². The molecule has 0 saturated carbocycles. The average Bonchev–Trinajstić information content (AvgIpc) is 2.93. The molecule has 2 atom stereocenters. The number of rotatable bonds is 4. The largest absolute Gasteiger partial charge is 0.291 e. The quantitative estimate of drug-likeness (QED) is 0.929. The fourth-order valence-electron chi connectivity index (χ4n) is 3.08. The lowest BCUT2D eigenvalue weighted by atomic mass is 9.86. The molecule has 0 fully saturated rings. The van der Waals surface area contributed by atoms with E-state index in [0.29, 0.717) is 11.8 Å². The summed E-state index contributed by atoms with van der Waals surface area (Å²) in [5.41, 5.74) is 5.59. The second-order valence-electron chi connectivity index (χ2n) is 6.65. The van der Waals surface area contributed by atoms with Crippen LogP contribution < -0.4 is 5.43 Å². The summed E-state index contributed by atoms with van der Waals surface area (Å²) >= 11 is 0. The molecule has 1 aromatic rings. The van der Waals surface area contributed by atoms with E-state index in [2.05, 4.69) is 55.3 Å². The van der Waals surface area contributed by atoms with Gasteiger partial charge in [-0.1, -0.05) is 58.0 Å². The van der Waals surface area contributed by atoms with Gasteiger partial charge in [-0.2, -0.15) is 10.1 Å². The number of carbonyl (C=O) groups is 1.